The van der Waals surface area contributed by atoms with Crippen molar-refractivity contribution in [3.8, 4) is 16.9 Å². The van der Waals surface area contributed by atoms with Gasteiger partial charge >= 0.3 is 0 Å². The number of hydrogen-bond acceptors (Lipinski definition) is 4. The number of aromatic amines is 1. The van der Waals surface area contributed by atoms with E-state index in [-0.39, 0.29) is 12.3 Å². The Hall–Kier alpha value is -3.67. The maximum absolute atomic E-state index is 12.4. The first-order valence-corrected chi connectivity index (χ1v) is 8.53. The maximum Gasteiger partial charge on any atom is 0.228 e. The van der Waals surface area contributed by atoms with Gasteiger partial charge in [0.1, 0.15) is 11.4 Å². The number of amides is 1. The minimum absolute atomic E-state index is 0.0862. The summed E-state index contributed by atoms with van der Waals surface area (Å²) in [5.41, 5.74) is 4.42. The Labute approximate surface area is 156 Å². The molecule has 1 aromatic carbocycles. The molecule has 0 bridgehead atoms. The normalized spacial score (nSPS) is 10.7. The molecule has 0 aliphatic heterocycles. The van der Waals surface area contributed by atoms with Gasteiger partial charge in [0, 0.05) is 41.4 Å². The number of carbonyl (C=O) groups excluding carboxylic acids is 1. The Bertz CT molecular complexity index is 1070. The number of ether oxygens (including phenoxy) is 1. The van der Waals surface area contributed by atoms with Gasteiger partial charge in [-0.2, -0.15) is 0 Å². The first-order chi connectivity index (χ1) is 13.2. The fourth-order valence-corrected chi connectivity index (χ4v) is 2.96. The molecule has 0 atom stereocenters. The summed E-state index contributed by atoms with van der Waals surface area (Å²) in [6, 6.07) is 13.4. The number of methoxy groups -OCH3 is 1. The van der Waals surface area contributed by atoms with Crippen molar-refractivity contribution in [2.75, 3.05) is 12.4 Å². The molecule has 6 heteroatoms. The fraction of sp³-hybridized carbons (Fsp3) is 0.0952. The van der Waals surface area contributed by atoms with Gasteiger partial charge in [-0.3, -0.25) is 9.78 Å². The minimum Gasteiger partial charge on any atom is -0.497 e. The summed E-state index contributed by atoms with van der Waals surface area (Å²) < 4.78 is 5.21. The molecular formula is C21H18N4O2. The van der Waals surface area contributed by atoms with Crippen molar-refractivity contribution < 1.29 is 9.53 Å². The number of benzene rings is 1. The van der Waals surface area contributed by atoms with Crippen LogP contribution in [-0.4, -0.2) is 28.0 Å². The predicted octanol–water partition coefficient (Wildman–Crippen LogP) is 3.81. The van der Waals surface area contributed by atoms with Crippen LogP contribution in [0, 0.1) is 0 Å². The molecule has 0 saturated carbocycles. The van der Waals surface area contributed by atoms with Gasteiger partial charge < -0.3 is 15.0 Å². The zero-order valence-electron chi connectivity index (χ0n) is 14.8. The van der Waals surface area contributed by atoms with Crippen molar-refractivity contribution in [2.45, 2.75) is 6.42 Å². The monoisotopic (exact) mass is 358 g/mol. The second kappa shape index (κ2) is 7.29. The Morgan fingerprint density at radius 2 is 1.89 bits per heavy atom. The van der Waals surface area contributed by atoms with Gasteiger partial charge in [-0.25, -0.2) is 4.98 Å². The molecule has 1 amide bonds. The molecule has 0 saturated heterocycles. The van der Waals surface area contributed by atoms with Gasteiger partial charge in [0.05, 0.1) is 13.5 Å². The standard InChI is InChI=1S/C21H18N4O2/c1-27-18-4-2-14(3-5-18)15-10-19-16(13-24-21(19)23-12-15)11-20(26)25-17-6-8-22-9-7-17/h2-10,12-13H,11H2,1H3,(H,23,24)(H,22,25,26). The van der Waals surface area contributed by atoms with E-state index < -0.39 is 0 Å². The van der Waals surface area contributed by atoms with Crippen LogP contribution in [-0.2, 0) is 11.2 Å². The van der Waals surface area contributed by atoms with E-state index in [0.29, 0.717) is 0 Å². The number of fused-ring (bicyclic) bond motifs is 1. The lowest BCUT2D eigenvalue weighted by Gasteiger charge is -2.06. The van der Waals surface area contributed by atoms with Gasteiger partial charge in [-0.15, -0.1) is 0 Å². The van der Waals surface area contributed by atoms with Gasteiger partial charge in [0.2, 0.25) is 5.91 Å². The third kappa shape index (κ3) is 3.64. The number of aromatic nitrogens is 3. The highest BCUT2D eigenvalue weighted by molar-refractivity contribution is 5.95. The molecule has 2 N–H and O–H groups in total. The molecule has 6 nitrogen and oxygen atoms in total. The number of hydrogen-bond donors (Lipinski definition) is 2. The fourth-order valence-electron chi connectivity index (χ4n) is 2.96. The Morgan fingerprint density at radius 3 is 2.63 bits per heavy atom. The third-order valence-electron chi connectivity index (χ3n) is 4.36. The quantitative estimate of drug-likeness (QED) is 0.568. The number of H-pyrrole nitrogens is 1. The third-order valence-corrected chi connectivity index (χ3v) is 4.36. The molecule has 4 aromatic rings. The van der Waals surface area contributed by atoms with E-state index in [1.165, 1.54) is 0 Å². The molecule has 0 aliphatic rings. The number of nitrogens with one attached hydrogen (secondary N) is 2. The average Bonchev–Trinajstić information content (AvgIpc) is 3.10. The van der Waals surface area contributed by atoms with Crippen molar-refractivity contribution in [2.24, 2.45) is 0 Å². The Morgan fingerprint density at radius 1 is 1.11 bits per heavy atom. The van der Waals surface area contributed by atoms with Crippen molar-refractivity contribution in [3.05, 3.63) is 72.8 Å². The summed E-state index contributed by atoms with van der Waals surface area (Å²) in [4.78, 5) is 23.9. The van der Waals surface area contributed by atoms with Crippen LogP contribution in [0.2, 0.25) is 0 Å². The second-order valence-corrected chi connectivity index (χ2v) is 6.12. The summed E-state index contributed by atoms with van der Waals surface area (Å²) in [5.74, 6) is 0.722. The summed E-state index contributed by atoms with van der Waals surface area (Å²) in [5, 5.41) is 3.81. The molecular weight excluding hydrogens is 340 g/mol. The molecule has 0 unspecified atom stereocenters. The van der Waals surface area contributed by atoms with Crippen LogP contribution in [0.4, 0.5) is 5.69 Å². The largest absolute Gasteiger partial charge is 0.497 e. The molecule has 0 radical (unpaired) electrons. The van der Waals surface area contributed by atoms with E-state index in [1.54, 1.807) is 31.6 Å². The first kappa shape index (κ1) is 16.8. The summed E-state index contributed by atoms with van der Waals surface area (Å²) in [6.45, 7) is 0. The minimum atomic E-state index is -0.0862. The summed E-state index contributed by atoms with van der Waals surface area (Å²) >= 11 is 0. The smallest absolute Gasteiger partial charge is 0.228 e. The number of pyridine rings is 2. The molecule has 0 fully saturated rings. The van der Waals surface area contributed by atoms with Gasteiger partial charge in [-0.1, -0.05) is 12.1 Å². The van der Waals surface area contributed by atoms with Crippen molar-refractivity contribution in [1.82, 2.24) is 15.0 Å². The zero-order chi connectivity index (χ0) is 18.6. The number of rotatable bonds is 5. The van der Waals surface area contributed by atoms with Gasteiger partial charge in [0.15, 0.2) is 0 Å². The summed E-state index contributed by atoms with van der Waals surface area (Å²) in [7, 11) is 1.64. The lowest BCUT2D eigenvalue weighted by atomic mass is 10.0. The molecule has 3 aromatic heterocycles. The molecule has 3 heterocycles. The van der Waals surface area contributed by atoms with E-state index in [2.05, 4.69) is 26.3 Å². The van der Waals surface area contributed by atoms with Gasteiger partial charge in [-0.05, 0) is 41.5 Å². The van der Waals surface area contributed by atoms with Crippen molar-refractivity contribution in [1.29, 1.82) is 0 Å². The van der Waals surface area contributed by atoms with E-state index in [1.807, 2.05) is 36.7 Å². The van der Waals surface area contributed by atoms with Gasteiger partial charge in [0.25, 0.3) is 0 Å². The Kier molecular flexibility index (Phi) is 4.53. The SMILES string of the molecule is COc1ccc(-c2cnc3[nH]cc(CC(=O)Nc4ccncc4)c3c2)cc1. The highest BCUT2D eigenvalue weighted by Gasteiger charge is 2.11. The predicted molar refractivity (Wildman–Crippen MR) is 105 cm³/mol. The molecule has 134 valence electrons. The topological polar surface area (TPSA) is 79.9 Å². The zero-order valence-corrected chi connectivity index (χ0v) is 14.8. The molecule has 0 spiro atoms. The van der Waals surface area contributed by atoms with Crippen LogP contribution in [0.5, 0.6) is 5.75 Å². The van der Waals surface area contributed by atoms with Crippen LogP contribution in [0.1, 0.15) is 5.56 Å². The first-order valence-electron chi connectivity index (χ1n) is 8.53. The van der Waals surface area contributed by atoms with E-state index >= 15 is 0 Å². The number of nitrogens with zero attached hydrogens (tertiary/aromatic N) is 2. The highest BCUT2D eigenvalue weighted by Crippen LogP contribution is 2.26. The lowest BCUT2D eigenvalue weighted by Crippen LogP contribution is -2.14. The molecule has 0 aliphatic carbocycles. The van der Waals surface area contributed by atoms with Crippen molar-refractivity contribution >= 4 is 22.6 Å². The maximum atomic E-state index is 12.4. The van der Waals surface area contributed by atoms with E-state index in [4.69, 9.17) is 4.74 Å². The summed E-state index contributed by atoms with van der Waals surface area (Å²) in [6.07, 6.45) is 7.21. The average molecular weight is 358 g/mol. The van der Waals surface area contributed by atoms with E-state index in [0.717, 1.165) is 39.2 Å². The van der Waals surface area contributed by atoms with Crippen LogP contribution in [0.15, 0.2) is 67.3 Å². The van der Waals surface area contributed by atoms with Crippen LogP contribution < -0.4 is 10.1 Å². The van der Waals surface area contributed by atoms with Crippen molar-refractivity contribution in [3.63, 3.8) is 0 Å². The molecule has 27 heavy (non-hydrogen) atoms. The number of carbonyl (C=O) groups is 1. The lowest BCUT2D eigenvalue weighted by molar-refractivity contribution is -0.115. The number of anilines is 1. The second-order valence-electron chi connectivity index (χ2n) is 6.12. The Balaban J connectivity index is 1.59. The van der Waals surface area contributed by atoms with Crippen LogP contribution >= 0.6 is 0 Å². The van der Waals surface area contributed by atoms with Crippen LogP contribution in [0.25, 0.3) is 22.2 Å². The van der Waals surface area contributed by atoms with E-state index in [9.17, 15) is 4.79 Å². The van der Waals surface area contributed by atoms with Crippen LogP contribution in [0.3, 0.4) is 0 Å². The highest BCUT2D eigenvalue weighted by atomic mass is 16.5. The molecule has 4 rings (SSSR count).